The minimum Gasteiger partial charge on any atom is -0.444 e. The first-order valence-electron chi connectivity index (χ1n) is 14.2. The molecule has 46 heavy (non-hydrogen) atoms. The number of carbonyl (C=O) groups excluding carboxylic acids is 1. The zero-order chi connectivity index (χ0) is 33.0. The second kappa shape index (κ2) is 12.0. The highest BCUT2D eigenvalue weighted by Gasteiger charge is 2.44. The van der Waals surface area contributed by atoms with Crippen LogP contribution in [0.3, 0.4) is 0 Å². The van der Waals surface area contributed by atoms with Crippen LogP contribution in [0, 0.1) is 17.5 Å². The summed E-state index contributed by atoms with van der Waals surface area (Å²) in [6.07, 6.45) is 2.65. The normalized spacial score (nSPS) is 18.2. The first kappa shape index (κ1) is 32.0. The summed E-state index contributed by atoms with van der Waals surface area (Å²) in [6, 6.07) is 7.99. The topological polar surface area (TPSA) is 118 Å². The SMILES string of the molecule is CC(C)(C)OC(=O)N1CC2CCC(C1)N2c1nc(-c2cccc(NS(=O)(=O)c3c(F)cccc3F)c2F)c(-c2ccnc(Cl)n2)s1. The quantitative estimate of drug-likeness (QED) is 0.221. The molecule has 2 bridgehead atoms. The maximum Gasteiger partial charge on any atom is 0.410 e. The molecule has 2 unspecified atom stereocenters. The number of anilines is 2. The number of nitrogens with zero attached hydrogens (tertiary/aromatic N) is 5. The van der Waals surface area contributed by atoms with Crippen LogP contribution in [0.4, 0.5) is 28.8 Å². The van der Waals surface area contributed by atoms with E-state index < -0.39 is 49.8 Å². The highest BCUT2D eigenvalue weighted by atomic mass is 35.5. The Balaban J connectivity index is 1.38. The molecule has 2 saturated heterocycles. The van der Waals surface area contributed by atoms with E-state index in [1.54, 1.807) is 11.0 Å². The van der Waals surface area contributed by atoms with E-state index in [1.807, 2.05) is 25.5 Å². The van der Waals surface area contributed by atoms with Gasteiger partial charge in [-0.2, -0.15) is 0 Å². The Hall–Kier alpha value is -3.95. The van der Waals surface area contributed by atoms with Crippen LogP contribution in [0.1, 0.15) is 33.6 Å². The van der Waals surface area contributed by atoms with E-state index in [0.717, 1.165) is 37.1 Å². The summed E-state index contributed by atoms with van der Waals surface area (Å²) in [7, 11) is -4.85. The van der Waals surface area contributed by atoms with E-state index in [9.17, 15) is 22.0 Å². The standard InChI is InChI=1S/C30H28ClF3N6O4S2/c1-30(2,3)44-29(41)39-14-16-10-11-17(15-39)40(16)28-37-24(25(45-28)22-12-13-35-27(31)36-22)18-6-4-9-21(23(18)34)38-46(42,43)26-19(32)7-5-8-20(26)33/h4-9,12-13,16-17,38H,10-11,14-15H2,1-3H3. The Morgan fingerprint density at radius 3 is 2.30 bits per heavy atom. The van der Waals surface area contributed by atoms with E-state index in [0.29, 0.717) is 28.8 Å². The van der Waals surface area contributed by atoms with Gasteiger partial charge in [-0.15, -0.1) is 0 Å². The number of sulfonamides is 1. The monoisotopic (exact) mass is 692 g/mol. The molecule has 2 atom stereocenters. The molecule has 0 radical (unpaired) electrons. The molecule has 0 aliphatic carbocycles. The number of rotatable bonds is 6. The number of piperazine rings is 1. The number of likely N-dealkylation sites (tertiary alicyclic amines) is 1. The molecule has 1 amide bonds. The number of amides is 1. The number of carbonyl (C=O) groups is 1. The highest BCUT2D eigenvalue weighted by Crippen LogP contribution is 2.45. The third-order valence-electron chi connectivity index (χ3n) is 7.52. The van der Waals surface area contributed by atoms with Gasteiger partial charge in [0.1, 0.15) is 17.2 Å². The molecule has 2 aliphatic heterocycles. The molecule has 242 valence electrons. The van der Waals surface area contributed by atoms with Gasteiger partial charge in [0.25, 0.3) is 10.0 Å². The summed E-state index contributed by atoms with van der Waals surface area (Å²) in [4.78, 5) is 28.9. The first-order chi connectivity index (χ1) is 21.7. The number of aromatic nitrogens is 3. The Bertz CT molecular complexity index is 1900. The first-order valence-corrected chi connectivity index (χ1v) is 16.9. The van der Waals surface area contributed by atoms with Gasteiger partial charge in [-0.1, -0.05) is 23.5 Å². The molecule has 6 rings (SSSR count). The van der Waals surface area contributed by atoms with Crippen LogP contribution >= 0.6 is 22.9 Å². The number of benzene rings is 2. The second-order valence-electron chi connectivity index (χ2n) is 11.9. The molecule has 16 heteroatoms. The fourth-order valence-corrected chi connectivity index (χ4v) is 8.20. The average molecular weight is 693 g/mol. The maximum absolute atomic E-state index is 16.2. The van der Waals surface area contributed by atoms with Crippen molar-refractivity contribution >= 4 is 49.9 Å². The molecule has 4 heterocycles. The van der Waals surface area contributed by atoms with Crippen molar-refractivity contribution in [3.8, 4) is 21.8 Å². The summed E-state index contributed by atoms with van der Waals surface area (Å²) >= 11 is 7.34. The third kappa shape index (κ3) is 6.22. The van der Waals surface area contributed by atoms with Crippen LogP contribution in [-0.2, 0) is 14.8 Å². The molecular formula is C30H28ClF3N6O4S2. The summed E-state index contributed by atoms with van der Waals surface area (Å²) in [6.45, 7) is 6.25. The largest absolute Gasteiger partial charge is 0.444 e. The minimum absolute atomic E-state index is 0.0432. The number of halogens is 4. The third-order valence-corrected chi connectivity index (χ3v) is 10.2. The van der Waals surface area contributed by atoms with Gasteiger partial charge >= 0.3 is 6.09 Å². The van der Waals surface area contributed by atoms with Gasteiger partial charge in [-0.05, 0) is 75.5 Å². The van der Waals surface area contributed by atoms with Crippen LogP contribution in [0.5, 0.6) is 0 Å². The molecule has 0 saturated carbocycles. The lowest BCUT2D eigenvalue weighted by Gasteiger charge is -2.41. The molecule has 0 spiro atoms. The average Bonchev–Trinajstić information content (AvgIpc) is 3.50. The molecule has 10 nitrogen and oxygen atoms in total. The maximum atomic E-state index is 16.2. The van der Waals surface area contributed by atoms with Gasteiger partial charge in [0.15, 0.2) is 15.8 Å². The smallest absolute Gasteiger partial charge is 0.410 e. The van der Waals surface area contributed by atoms with E-state index in [4.69, 9.17) is 21.3 Å². The number of hydrogen-bond donors (Lipinski definition) is 1. The Kier molecular flexibility index (Phi) is 8.36. The molecule has 2 aromatic carbocycles. The number of thiazole rings is 1. The Labute approximate surface area is 272 Å². The van der Waals surface area contributed by atoms with Gasteiger partial charge in [-0.25, -0.2) is 41.3 Å². The summed E-state index contributed by atoms with van der Waals surface area (Å²) < 4.78 is 78.4. The number of hydrogen-bond acceptors (Lipinski definition) is 9. The van der Waals surface area contributed by atoms with Gasteiger partial charge in [0.05, 0.1) is 22.0 Å². The van der Waals surface area contributed by atoms with Crippen molar-refractivity contribution < 1.29 is 31.1 Å². The molecule has 2 aromatic heterocycles. The minimum atomic E-state index is -4.85. The van der Waals surface area contributed by atoms with Crippen molar-refractivity contribution in [2.45, 2.75) is 56.2 Å². The van der Waals surface area contributed by atoms with Gasteiger partial charge in [-0.3, -0.25) is 4.72 Å². The lowest BCUT2D eigenvalue weighted by molar-refractivity contribution is 0.0209. The van der Waals surface area contributed by atoms with E-state index in [2.05, 4.69) is 14.9 Å². The lowest BCUT2D eigenvalue weighted by atomic mass is 10.1. The van der Waals surface area contributed by atoms with Crippen molar-refractivity contribution in [2.75, 3.05) is 22.7 Å². The van der Waals surface area contributed by atoms with Crippen molar-refractivity contribution in [2.24, 2.45) is 0 Å². The number of ether oxygens (including phenoxy) is 1. The van der Waals surface area contributed by atoms with Crippen molar-refractivity contribution in [3.05, 3.63) is 71.4 Å². The summed E-state index contributed by atoms with van der Waals surface area (Å²) in [5.41, 5.74) is -0.744. The second-order valence-corrected chi connectivity index (χ2v) is 14.8. The van der Waals surface area contributed by atoms with Crippen LogP contribution in [0.2, 0.25) is 5.28 Å². The molecule has 4 aromatic rings. The molecule has 1 N–H and O–H groups in total. The summed E-state index contributed by atoms with van der Waals surface area (Å²) in [5.74, 6) is -3.66. The Morgan fingerprint density at radius 1 is 1.02 bits per heavy atom. The van der Waals surface area contributed by atoms with E-state index in [-0.39, 0.29) is 28.6 Å². The lowest BCUT2D eigenvalue weighted by Crippen LogP contribution is -2.56. The molecular weight excluding hydrogens is 665 g/mol. The van der Waals surface area contributed by atoms with Crippen molar-refractivity contribution in [1.29, 1.82) is 0 Å². The van der Waals surface area contributed by atoms with E-state index in [1.165, 1.54) is 29.7 Å². The molecule has 2 aliphatic rings. The van der Waals surface area contributed by atoms with Gasteiger partial charge in [0, 0.05) is 36.9 Å². The number of nitrogens with one attached hydrogen (secondary N) is 1. The summed E-state index contributed by atoms with van der Waals surface area (Å²) in [5, 5.41) is 0.508. The van der Waals surface area contributed by atoms with Gasteiger partial charge in [0.2, 0.25) is 5.28 Å². The predicted molar refractivity (Wildman–Crippen MR) is 168 cm³/mol. The van der Waals surface area contributed by atoms with Crippen LogP contribution < -0.4 is 9.62 Å². The predicted octanol–water partition coefficient (Wildman–Crippen LogP) is 6.73. The van der Waals surface area contributed by atoms with Crippen molar-refractivity contribution in [1.82, 2.24) is 19.9 Å². The number of fused-ring (bicyclic) bond motifs is 2. The van der Waals surface area contributed by atoms with E-state index >= 15 is 4.39 Å². The van der Waals surface area contributed by atoms with Crippen LogP contribution in [0.15, 0.2) is 53.6 Å². The Morgan fingerprint density at radius 2 is 1.67 bits per heavy atom. The van der Waals surface area contributed by atoms with Crippen molar-refractivity contribution in [3.63, 3.8) is 0 Å². The van der Waals surface area contributed by atoms with Crippen LogP contribution in [-0.4, -0.2) is 65.1 Å². The zero-order valence-electron chi connectivity index (χ0n) is 24.8. The van der Waals surface area contributed by atoms with Gasteiger partial charge < -0.3 is 14.5 Å². The zero-order valence-corrected chi connectivity index (χ0v) is 27.2. The van der Waals surface area contributed by atoms with Crippen LogP contribution in [0.25, 0.3) is 21.8 Å². The fourth-order valence-electron chi connectivity index (χ4n) is 5.66. The fraction of sp³-hybridized carbons (Fsp3) is 0.333. The molecule has 2 fully saturated rings. The highest BCUT2D eigenvalue weighted by molar-refractivity contribution is 7.92.